The van der Waals surface area contributed by atoms with Crippen LogP contribution < -0.4 is 5.32 Å². The predicted molar refractivity (Wildman–Crippen MR) is 81.7 cm³/mol. The summed E-state index contributed by atoms with van der Waals surface area (Å²) in [7, 11) is 0. The van der Waals surface area contributed by atoms with Crippen molar-refractivity contribution in [3.63, 3.8) is 0 Å². The average Bonchev–Trinajstić information content (AvgIpc) is 2.91. The molecule has 0 bridgehead atoms. The number of rotatable bonds is 2. The molecular weight excluding hydrogens is 254 g/mol. The van der Waals surface area contributed by atoms with Gasteiger partial charge in [0, 0.05) is 11.9 Å². The van der Waals surface area contributed by atoms with E-state index in [1.807, 2.05) is 25.1 Å². The smallest absolute Gasteiger partial charge is 0.161 e. The summed E-state index contributed by atoms with van der Waals surface area (Å²) in [5, 5.41) is 4.34. The number of nitrogens with one attached hydrogen (secondary N) is 1. The van der Waals surface area contributed by atoms with Crippen molar-refractivity contribution >= 4 is 22.6 Å². The number of aryl methyl sites for hydroxylation is 1. The second-order valence-electron chi connectivity index (χ2n) is 4.43. The number of benzene rings is 1. The zero-order valence-electron chi connectivity index (χ0n) is 10.7. The highest BCUT2D eigenvalue weighted by Crippen LogP contribution is 2.30. The number of nitrogens with zero attached hydrogens (tertiary/aromatic N) is 2. The van der Waals surface area contributed by atoms with Crippen LogP contribution in [0, 0.1) is 6.92 Å². The van der Waals surface area contributed by atoms with E-state index in [4.69, 9.17) is 4.99 Å². The minimum atomic E-state index is 0.255. The Morgan fingerprint density at radius 3 is 2.79 bits per heavy atom. The van der Waals surface area contributed by atoms with Crippen LogP contribution in [-0.4, -0.2) is 15.9 Å². The summed E-state index contributed by atoms with van der Waals surface area (Å²) in [6.07, 6.45) is 1.80. The molecule has 0 aliphatic carbocycles. The fourth-order valence-corrected chi connectivity index (χ4v) is 2.99. The van der Waals surface area contributed by atoms with E-state index in [9.17, 15) is 0 Å². The molecule has 1 aliphatic rings. The van der Waals surface area contributed by atoms with E-state index in [-0.39, 0.29) is 6.04 Å². The molecule has 0 radical (unpaired) electrons. The molecule has 0 amide bonds. The first-order chi connectivity index (χ1) is 9.33. The molecule has 1 aromatic heterocycles. The molecule has 19 heavy (non-hydrogen) atoms. The van der Waals surface area contributed by atoms with E-state index < -0.39 is 0 Å². The molecule has 0 spiro atoms. The number of thioether (sulfide) groups is 1. The highest BCUT2D eigenvalue weighted by atomic mass is 32.2. The van der Waals surface area contributed by atoms with Crippen LogP contribution >= 0.6 is 11.8 Å². The molecule has 0 fully saturated rings. The van der Waals surface area contributed by atoms with Crippen molar-refractivity contribution in [1.29, 1.82) is 0 Å². The first-order valence-corrected chi connectivity index (χ1v) is 7.25. The highest BCUT2D eigenvalue weighted by Gasteiger charge is 2.20. The van der Waals surface area contributed by atoms with Crippen LogP contribution in [0.15, 0.2) is 53.7 Å². The molecule has 4 heteroatoms. The van der Waals surface area contributed by atoms with Crippen LogP contribution in [0.4, 0.5) is 5.69 Å². The maximum absolute atomic E-state index is 4.74. The van der Waals surface area contributed by atoms with Crippen LogP contribution in [0.25, 0.3) is 0 Å². The van der Waals surface area contributed by atoms with E-state index in [1.165, 1.54) is 5.56 Å². The summed E-state index contributed by atoms with van der Waals surface area (Å²) in [5.74, 6) is 0.992. The van der Waals surface area contributed by atoms with Gasteiger partial charge in [0.25, 0.3) is 0 Å². The number of amidine groups is 1. The van der Waals surface area contributed by atoms with Crippen molar-refractivity contribution in [2.75, 3.05) is 11.1 Å². The normalized spacial score (nSPS) is 18.2. The third-order valence-corrected chi connectivity index (χ3v) is 4.05. The third kappa shape index (κ3) is 2.79. The number of pyridine rings is 1. The van der Waals surface area contributed by atoms with Gasteiger partial charge < -0.3 is 5.32 Å². The van der Waals surface area contributed by atoms with E-state index in [0.29, 0.717) is 0 Å². The fraction of sp³-hybridized carbons (Fsp3) is 0.200. The number of aromatic nitrogens is 1. The minimum absolute atomic E-state index is 0.255. The third-order valence-electron chi connectivity index (χ3n) is 3.08. The molecule has 3 nitrogen and oxygen atoms in total. The molecule has 2 heterocycles. The quantitative estimate of drug-likeness (QED) is 0.904. The second-order valence-corrected chi connectivity index (χ2v) is 5.44. The molecule has 0 saturated heterocycles. The van der Waals surface area contributed by atoms with Crippen LogP contribution in [0.3, 0.4) is 0 Å². The molecule has 3 rings (SSSR count). The molecule has 1 aromatic carbocycles. The summed E-state index contributed by atoms with van der Waals surface area (Å²) in [6, 6.07) is 14.6. The number of aliphatic imine (C=N–C) groups is 1. The summed E-state index contributed by atoms with van der Waals surface area (Å²) < 4.78 is 0. The lowest BCUT2D eigenvalue weighted by Gasteiger charge is -2.06. The van der Waals surface area contributed by atoms with Gasteiger partial charge in [-0.05, 0) is 24.6 Å². The Hall–Kier alpha value is -1.81. The van der Waals surface area contributed by atoms with Crippen molar-refractivity contribution in [2.45, 2.75) is 13.0 Å². The lowest BCUT2D eigenvalue weighted by molar-refractivity contribution is 0.849. The van der Waals surface area contributed by atoms with Crippen molar-refractivity contribution in [3.05, 3.63) is 59.9 Å². The summed E-state index contributed by atoms with van der Waals surface area (Å²) in [6.45, 7) is 2.00. The zero-order chi connectivity index (χ0) is 13.1. The average molecular weight is 269 g/mol. The van der Waals surface area contributed by atoms with Crippen LogP contribution in [-0.2, 0) is 0 Å². The van der Waals surface area contributed by atoms with Gasteiger partial charge >= 0.3 is 0 Å². The van der Waals surface area contributed by atoms with Gasteiger partial charge in [0.1, 0.15) is 0 Å². The lowest BCUT2D eigenvalue weighted by atomic mass is 10.1. The van der Waals surface area contributed by atoms with Gasteiger partial charge in [-0.1, -0.05) is 42.1 Å². The SMILES string of the molecule is Cc1ncccc1NC1=NC(c2ccccc2)CS1. The van der Waals surface area contributed by atoms with Gasteiger partial charge in [0.15, 0.2) is 5.17 Å². The van der Waals surface area contributed by atoms with E-state index in [1.54, 1.807) is 18.0 Å². The lowest BCUT2D eigenvalue weighted by Crippen LogP contribution is -2.06. The molecular formula is C15H15N3S. The Kier molecular flexibility index (Phi) is 3.51. The Morgan fingerprint density at radius 2 is 2.00 bits per heavy atom. The van der Waals surface area contributed by atoms with Crippen molar-refractivity contribution in [1.82, 2.24) is 4.98 Å². The zero-order valence-corrected chi connectivity index (χ0v) is 11.5. The van der Waals surface area contributed by atoms with Gasteiger partial charge in [-0.3, -0.25) is 9.98 Å². The maximum atomic E-state index is 4.74. The standard InChI is InChI=1S/C15H15N3S/c1-11-13(8-5-9-16-11)17-15-18-14(10-19-15)12-6-3-2-4-7-12/h2-9,14H,10H2,1H3,(H,17,18). The highest BCUT2D eigenvalue weighted by molar-refractivity contribution is 8.14. The molecule has 1 aliphatic heterocycles. The van der Waals surface area contributed by atoms with Crippen LogP contribution in [0.5, 0.6) is 0 Å². The number of anilines is 1. The summed E-state index contributed by atoms with van der Waals surface area (Å²) in [4.78, 5) is 9.01. The van der Waals surface area contributed by atoms with Crippen molar-refractivity contribution in [2.24, 2.45) is 4.99 Å². The second kappa shape index (κ2) is 5.45. The summed E-state index contributed by atoms with van der Waals surface area (Å²) in [5.41, 5.74) is 3.30. The summed E-state index contributed by atoms with van der Waals surface area (Å²) >= 11 is 1.76. The van der Waals surface area contributed by atoms with E-state index in [0.717, 1.165) is 22.3 Å². The van der Waals surface area contributed by atoms with Crippen LogP contribution in [0.1, 0.15) is 17.3 Å². The van der Waals surface area contributed by atoms with Gasteiger partial charge in [-0.2, -0.15) is 0 Å². The number of hydrogen-bond donors (Lipinski definition) is 1. The van der Waals surface area contributed by atoms with E-state index >= 15 is 0 Å². The minimum Gasteiger partial charge on any atom is -0.333 e. The molecule has 0 saturated carbocycles. The van der Waals surface area contributed by atoms with Crippen molar-refractivity contribution < 1.29 is 0 Å². The van der Waals surface area contributed by atoms with Gasteiger partial charge in [0.05, 0.1) is 17.4 Å². The largest absolute Gasteiger partial charge is 0.333 e. The molecule has 1 unspecified atom stereocenters. The Balaban J connectivity index is 1.76. The first kappa shape index (κ1) is 12.2. The molecule has 1 N–H and O–H groups in total. The van der Waals surface area contributed by atoms with E-state index in [2.05, 4.69) is 34.6 Å². The molecule has 2 aromatic rings. The Morgan fingerprint density at radius 1 is 1.16 bits per heavy atom. The van der Waals surface area contributed by atoms with Gasteiger partial charge in [-0.25, -0.2) is 0 Å². The van der Waals surface area contributed by atoms with Crippen molar-refractivity contribution in [3.8, 4) is 0 Å². The van der Waals surface area contributed by atoms with Gasteiger partial charge in [0.2, 0.25) is 0 Å². The Labute approximate surface area is 117 Å². The Bertz CT molecular complexity index is 595. The predicted octanol–water partition coefficient (Wildman–Crippen LogP) is 3.65. The topological polar surface area (TPSA) is 37.3 Å². The molecule has 96 valence electrons. The monoisotopic (exact) mass is 269 g/mol. The molecule has 1 atom stereocenters. The first-order valence-electron chi connectivity index (χ1n) is 6.27. The maximum Gasteiger partial charge on any atom is 0.161 e. The number of hydrogen-bond acceptors (Lipinski definition) is 4. The van der Waals surface area contributed by atoms with Gasteiger partial charge in [-0.15, -0.1) is 0 Å². The van der Waals surface area contributed by atoms with Crippen LogP contribution in [0.2, 0.25) is 0 Å². The fourth-order valence-electron chi connectivity index (χ4n) is 2.02.